The highest BCUT2D eigenvalue weighted by atomic mass is 79.9. The van der Waals surface area contributed by atoms with E-state index in [1.807, 2.05) is 49.4 Å². The quantitative estimate of drug-likeness (QED) is 0.869. The normalized spacial score (nSPS) is 10.2. The van der Waals surface area contributed by atoms with E-state index in [1.165, 1.54) is 6.92 Å². The number of anilines is 1. The standard InChI is InChI=1S/C18H19BrN2O2/c1-13-5-3-6-15(11-13)18(23)20-9-10-21(14(2)22)17-8-4-7-16(19)12-17/h3-8,11-12H,9-10H2,1-2H3,(H,20,23). The maximum atomic E-state index is 12.1. The van der Waals surface area contributed by atoms with Crippen molar-refractivity contribution in [3.8, 4) is 0 Å². The summed E-state index contributed by atoms with van der Waals surface area (Å²) in [5, 5.41) is 2.85. The van der Waals surface area contributed by atoms with Crippen molar-refractivity contribution in [2.45, 2.75) is 13.8 Å². The van der Waals surface area contributed by atoms with E-state index in [2.05, 4.69) is 21.2 Å². The van der Waals surface area contributed by atoms with Crippen LogP contribution in [-0.2, 0) is 4.79 Å². The minimum Gasteiger partial charge on any atom is -0.350 e. The first kappa shape index (κ1) is 17.2. The second-order valence-corrected chi connectivity index (χ2v) is 6.19. The smallest absolute Gasteiger partial charge is 0.251 e. The first-order valence-electron chi connectivity index (χ1n) is 7.36. The number of hydrogen-bond acceptors (Lipinski definition) is 2. The number of rotatable bonds is 5. The Hall–Kier alpha value is -2.14. The summed E-state index contributed by atoms with van der Waals surface area (Å²) in [4.78, 5) is 25.6. The number of nitrogens with zero attached hydrogens (tertiary/aromatic N) is 1. The van der Waals surface area contributed by atoms with Crippen molar-refractivity contribution in [2.24, 2.45) is 0 Å². The number of nitrogens with one attached hydrogen (secondary N) is 1. The summed E-state index contributed by atoms with van der Waals surface area (Å²) in [6.45, 7) is 4.27. The molecule has 4 nitrogen and oxygen atoms in total. The van der Waals surface area contributed by atoms with Crippen LogP contribution in [0.3, 0.4) is 0 Å². The minimum absolute atomic E-state index is 0.0621. The summed E-state index contributed by atoms with van der Waals surface area (Å²) in [7, 11) is 0. The predicted molar refractivity (Wildman–Crippen MR) is 95.7 cm³/mol. The first-order chi connectivity index (χ1) is 11.0. The fourth-order valence-electron chi connectivity index (χ4n) is 2.28. The van der Waals surface area contributed by atoms with Gasteiger partial charge in [0.1, 0.15) is 0 Å². The molecule has 5 heteroatoms. The number of hydrogen-bond donors (Lipinski definition) is 1. The summed E-state index contributed by atoms with van der Waals surface area (Å²) in [6, 6.07) is 14.9. The van der Waals surface area contributed by atoms with Crippen molar-refractivity contribution in [1.29, 1.82) is 0 Å². The number of aryl methyl sites for hydroxylation is 1. The zero-order chi connectivity index (χ0) is 16.8. The number of halogens is 1. The van der Waals surface area contributed by atoms with Gasteiger partial charge < -0.3 is 10.2 Å². The highest BCUT2D eigenvalue weighted by molar-refractivity contribution is 9.10. The third-order valence-corrected chi connectivity index (χ3v) is 3.89. The largest absolute Gasteiger partial charge is 0.350 e. The van der Waals surface area contributed by atoms with Crippen molar-refractivity contribution >= 4 is 33.4 Å². The molecule has 0 aliphatic heterocycles. The topological polar surface area (TPSA) is 49.4 Å². The third kappa shape index (κ3) is 4.93. The van der Waals surface area contributed by atoms with Gasteiger partial charge in [-0.3, -0.25) is 9.59 Å². The van der Waals surface area contributed by atoms with Gasteiger partial charge >= 0.3 is 0 Å². The van der Waals surface area contributed by atoms with Crippen molar-refractivity contribution in [3.63, 3.8) is 0 Å². The number of amides is 2. The van der Waals surface area contributed by atoms with Crippen LogP contribution in [0, 0.1) is 6.92 Å². The van der Waals surface area contributed by atoms with E-state index in [-0.39, 0.29) is 11.8 Å². The van der Waals surface area contributed by atoms with Gasteiger partial charge in [-0.2, -0.15) is 0 Å². The second-order valence-electron chi connectivity index (χ2n) is 5.28. The summed E-state index contributed by atoms with van der Waals surface area (Å²) in [5.41, 5.74) is 2.47. The predicted octanol–water partition coefficient (Wildman–Crippen LogP) is 3.54. The fourth-order valence-corrected chi connectivity index (χ4v) is 2.67. The molecule has 0 bridgehead atoms. The first-order valence-corrected chi connectivity index (χ1v) is 8.15. The number of carbonyl (C=O) groups excluding carboxylic acids is 2. The third-order valence-electron chi connectivity index (χ3n) is 3.40. The molecule has 1 N–H and O–H groups in total. The molecule has 0 aliphatic rings. The van der Waals surface area contributed by atoms with Crippen LogP contribution < -0.4 is 10.2 Å². The summed E-state index contributed by atoms with van der Waals surface area (Å²) in [6.07, 6.45) is 0. The van der Waals surface area contributed by atoms with E-state index in [0.29, 0.717) is 18.7 Å². The lowest BCUT2D eigenvalue weighted by Gasteiger charge is -2.21. The Labute approximate surface area is 144 Å². The molecule has 2 aromatic rings. The number of carbonyl (C=O) groups is 2. The molecule has 0 spiro atoms. The molecule has 0 heterocycles. The monoisotopic (exact) mass is 374 g/mol. The fraction of sp³-hybridized carbons (Fsp3) is 0.222. The summed E-state index contributed by atoms with van der Waals surface area (Å²) < 4.78 is 0.907. The molecule has 2 rings (SSSR count). The molecular formula is C18H19BrN2O2. The molecule has 0 saturated heterocycles. The SMILES string of the molecule is CC(=O)N(CCNC(=O)c1cccc(C)c1)c1cccc(Br)c1. The Bertz CT molecular complexity index is 716. The zero-order valence-electron chi connectivity index (χ0n) is 13.2. The Kier molecular flexibility index (Phi) is 5.93. The van der Waals surface area contributed by atoms with Gasteiger partial charge in [0.05, 0.1) is 0 Å². The van der Waals surface area contributed by atoms with E-state index in [0.717, 1.165) is 15.7 Å². The molecule has 0 radical (unpaired) electrons. The lowest BCUT2D eigenvalue weighted by molar-refractivity contribution is -0.116. The average Bonchev–Trinajstić information content (AvgIpc) is 2.51. The van der Waals surface area contributed by atoms with Gasteiger partial charge in [0.2, 0.25) is 5.91 Å². The molecule has 0 aromatic heterocycles. The van der Waals surface area contributed by atoms with Gasteiger partial charge in [-0.15, -0.1) is 0 Å². The highest BCUT2D eigenvalue weighted by Crippen LogP contribution is 2.19. The van der Waals surface area contributed by atoms with E-state index in [1.54, 1.807) is 11.0 Å². The molecule has 120 valence electrons. The van der Waals surface area contributed by atoms with Crippen molar-refractivity contribution in [3.05, 3.63) is 64.1 Å². The Morgan fingerprint density at radius 1 is 1.13 bits per heavy atom. The molecular weight excluding hydrogens is 356 g/mol. The van der Waals surface area contributed by atoms with Crippen LogP contribution in [0.25, 0.3) is 0 Å². The molecule has 0 saturated carbocycles. The van der Waals surface area contributed by atoms with Gasteiger partial charge in [0.25, 0.3) is 5.91 Å². The molecule has 0 fully saturated rings. The van der Waals surface area contributed by atoms with Crippen LogP contribution in [-0.4, -0.2) is 24.9 Å². The zero-order valence-corrected chi connectivity index (χ0v) is 14.8. The van der Waals surface area contributed by atoms with E-state index < -0.39 is 0 Å². The molecule has 2 aromatic carbocycles. The van der Waals surface area contributed by atoms with Crippen LogP contribution >= 0.6 is 15.9 Å². The Morgan fingerprint density at radius 3 is 2.52 bits per heavy atom. The lowest BCUT2D eigenvalue weighted by atomic mass is 10.1. The second kappa shape index (κ2) is 7.92. The van der Waals surface area contributed by atoms with Crippen molar-refractivity contribution < 1.29 is 9.59 Å². The van der Waals surface area contributed by atoms with Gasteiger partial charge in [-0.25, -0.2) is 0 Å². The van der Waals surface area contributed by atoms with Gasteiger partial charge in [-0.05, 0) is 37.3 Å². The van der Waals surface area contributed by atoms with E-state index in [9.17, 15) is 9.59 Å². The van der Waals surface area contributed by atoms with E-state index in [4.69, 9.17) is 0 Å². The number of benzene rings is 2. The minimum atomic E-state index is -0.133. The van der Waals surface area contributed by atoms with Gasteiger partial charge in [0.15, 0.2) is 0 Å². The van der Waals surface area contributed by atoms with Crippen molar-refractivity contribution in [1.82, 2.24) is 5.32 Å². The van der Waals surface area contributed by atoms with Crippen molar-refractivity contribution in [2.75, 3.05) is 18.0 Å². The van der Waals surface area contributed by atoms with Crippen LogP contribution in [0.2, 0.25) is 0 Å². The Balaban J connectivity index is 1.97. The van der Waals surface area contributed by atoms with Crippen LogP contribution in [0.1, 0.15) is 22.8 Å². The summed E-state index contributed by atoms with van der Waals surface area (Å²) >= 11 is 3.40. The maximum Gasteiger partial charge on any atom is 0.251 e. The molecule has 23 heavy (non-hydrogen) atoms. The average molecular weight is 375 g/mol. The van der Waals surface area contributed by atoms with E-state index >= 15 is 0 Å². The van der Waals surface area contributed by atoms with Gasteiger partial charge in [0, 0.05) is 35.7 Å². The lowest BCUT2D eigenvalue weighted by Crippen LogP contribution is -2.37. The molecule has 0 atom stereocenters. The van der Waals surface area contributed by atoms with Crippen LogP contribution in [0.4, 0.5) is 5.69 Å². The van der Waals surface area contributed by atoms with Crippen LogP contribution in [0.5, 0.6) is 0 Å². The van der Waals surface area contributed by atoms with Crippen LogP contribution in [0.15, 0.2) is 53.0 Å². The Morgan fingerprint density at radius 2 is 1.87 bits per heavy atom. The molecule has 0 unspecified atom stereocenters. The summed E-state index contributed by atoms with van der Waals surface area (Å²) in [5.74, 6) is -0.195. The maximum absolute atomic E-state index is 12.1. The van der Waals surface area contributed by atoms with Gasteiger partial charge in [-0.1, -0.05) is 39.7 Å². The highest BCUT2D eigenvalue weighted by Gasteiger charge is 2.12. The molecule has 2 amide bonds. The molecule has 0 aliphatic carbocycles.